The molecule has 96 valence electrons. The summed E-state index contributed by atoms with van der Waals surface area (Å²) in [7, 11) is 0. The largest absolute Gasteiger partial charge is 0.289 e. The summed E-state index contributed by atoms with van der Waals surface area (Å²) in [4.78, 5) is 11.9. The van der Waals surface area contributed by atoms with Gasteiger partial charge in [-0.15, -0.1) is 0 Å². The van der Waals surface area contributed by atoms with Crippen LogP contribution in [0.3, 0.4) is 0 Å². The predicted octanol–water partition coefficient (Wildman–Crippen LogP) is 5.03. The Morgan fingerprint density at radius 2 is 1.74 bits per heavy atom. The summed E-state index contributed by atoms with van der Waals surface area (Å²) in [6.07, 6.45) is 3.00. The standard InChI is InChI=1S/C15H9Cl2FO/c16-11-4-7-13(14(17)9-11)15(19)8-3-10-1-5-12(18)6-2-10/h1-9H/b8-3+. The number of allylic oxidation sites excluding steroid dienone is 1. The summed E-state index contributed by atoms with van der Waals surface area (Å²) >= 11 is 11.7. The first kappa shape index (κ1) is 13.8. The highest BCUT2D eigenvalue weighted by Crippen LogP contribution is 2.21. The first-order chi connectivity index (χ1) is 9.06. The van der Waals surface area contributed by atoms with E-state index in [9.17, 15) is 9.18 Å². The van der Waals surface area contributed by atoms with Gasteiger partial charge in [-0.1, -0.05) is 41.4 Å². The SMILES string of the molecule is O=C(/C=C/c1ccc(F)cc1)c1ccc(Cl)cc1Cl. The van der Waals surface area contributed by atoms with Gasteiger partial charge in [-0.3, -0.25) is 4.79 Å². The third kappa shape index (κ3) is 3.66. The normalized spacial score (nSPS) is 10.9. The molecule has 19 heavy (non-hydrogen) atoms. The Morgan fingerprint density at radius 1 is 1.05 bits per heavy atom. The molecule has 0 saturated carbocycles. The Kier molecular flexibility index (Phi) is 4.35. The van der Waals surface area contributed by atoms with Crippen LogP contribution in [-0.2, 0) is 0 Å². The van der Waals surface area contributed by atoms with Crippen LogP contribution in [0.15, 0.2) is 48.5 Å². The maximum absolute atomic E-state index is 12.7. The first-order valence-electron chi connectivity index (χ1n) is 5.49. The number of halogens is 3. The van der Waals surface area contributed by atoms with Crippen molar-refractivity contribution in [1.82, 2.24) is 0 Å². The van der Waals surface area contributed by atoms with Crippen molar-refractivity contribution in [2.75, 3.05) is 0 Å². The average molecular weight is 295 g/mol. The van der Waals surface area contributed by atoms with Gasteiger partial charge >= 0.3 is 0 Å². The Morgan fingerprint density at radius 3 is 2.37 bits per heavy atom. The highest BCUT2D eigenvalue weighted by molar-refractivity contribution is 6.37. The van der Waals surface area contributed by atoms with Gasteiger partial charge in [0.2, 0.25) is 0 Å². The lowest BCUT2D eigenvalue weighted by Crippen LogP contribution is -1.95. The number of carbonyl (C=O) groups excluding carboxylic acids is 1. The lowest BCUT2D eigenvalue weighted by Gasteiger charge is -2.00. The lowest BCUT2D eigenvalue weighted by atomic mass is 10.1. The van der Waals surface area contributed by atoms with E-state index in [1.165, 1.54) is 24.3 Å². The quantitative estimate of drug-likeness (QED) is 0.573. The Balaban J connectivity index is 2.18. The molecule has 0 N–H and O–H groups in total. The van der Waals surface area contributed by atoms with E-state index in [-0.39, 0.29) is 11.6 Å². The Bertz CT molecular complexity index is 633. The highest BCUT2D eigenvalue weighted by atomic mass is 35.5. The van der Waals surface area contributed by atoms with Gasteiger partial charge < -0.3 is 0 Å². The second-order valence-electron chi connectivity index (χ2n) is 3.87. The zero-order valence-corrected chi connectivity index (χ0v) is 11.3. The summed E-state index contributed by atoms with van der Waals surface area (Å²) in [6.45, 7) is 0. The number of ketones is 1. The maximum Gasteiger partial charge on any atom is 0.187 e. The van der Waals surface area contributed by atoms with Gasteiger partial charge in [0.1, 0.15) is 5.82 Å². The zero-order valence-electron chi connectivity index (χ0n) is 9.74. The molecule has 0 bridgehead atoms. The minimum absolute atomic E-state index is 0.231. The van der Waals surface area contributed by atoms with Crippen molar-refractivity contribution in [3.63, 3.8) is 0 Å². The molecule has 0 amide bonds. The molecule has 0 spiro atoms. The summed E-state index contributed by atoms with van der Waals surface area (Å²) in [5.41, 5.74) is 1.12. The maximum atomic E-state index is 12.7. The molecule has 0 fully saturated rings. The van der Waals surface area contributed by atoms with E-state index in [4.69, 9.17) is 23.2 Å². The summed E-state index contributed by atoms with van der Waals surface area (Å²) in [6, 6.07) is 10.5. The summed E-state index contributed by atoms with van der Waals surface area (Å²) in [5, 5.41) is 0.783. The smallest absolute Gasteiger partial charge is 0.187 e. The van der Waals surface area contributed by atoms with E-state index in [1.807, 2.05) is 0 Å². The van der Waals surface area contributed by atoms with E-state index >= 15 is 0 Å². The van der Waals surface area contributed by atoms with E-state index in [1.54, 1.807) is 30.3 Å². The molecule has 0 saturated heterocycles. The van der Waals surface area contributed by atoms with Crippen molar-refractivity contribution in [3.8, 4) is 0 Å². The number of benzene rings is 2. The van der Waals surface area contributed by atoms with Crippen LogP contribution in [0.1, 0.15) is 15.9 Å². The average Bonchev–Trinajstić information content (AvgIpc) is 2.37. The lowest BCUT2D eigenvalue weighted by molar-refractivity contribution is 0.104. The van der Waals surface area contributed by atoms with Crippen molar-refractivity contribution < 1.29 is 9.18 Å². The number of hydrogen-bond donors (Lipinski definition) is 0. The van der Waals surface area contributed by atoms with Crippen LogP contribution >= 0.6 is 23.2 Å². The molecule has 4 heteroatoms. The highest BCUT2D eigenvalue weighted by Gasteiger charge is 2.07. The molecule has 1 nitrogen and oxygen atoms in total. The van der Waals surface area contributed by atoms with Gasteiger partial charge in [-0.05, 0) is 42.0 Å². The fourth-order valence-corrected chi connectivity index (χ4v) is 2.03. The molecule has 2 aromatic rings. The molecule has 0 aliphatic rings. The van der Waals surface area contributed by atoms with E-state index in [0.29, 0.717) is 15.6 Å². The summed E-state index contributed by atoms with van der Waals surface area (Å²) < 4.78 is 12.7. The second-order valence-corrected chi connectivity index (χ2v) is 4.72. The van der Waals surface area contributed by atoms with Crippen LogP contribution in [0.2, 0.25) is 10.0 Å². The van der Waals surface area contributed by atoms with Crippen molar-refractivity contribution >= 4 is 35.1 Å². The van der Waals surface area contributed by atoms with Crippen molar-refractivity contribution in [3.05, 3.63) is 75.5 Å². The summed E-state index contributed by atoms with van der Waals surface area (Å²) in [5.74, 6) is -0.546. The third-order valence-corrected chi connectivity index (χ3v) is 3.04. The predicted molar refractivity (Wildman–Crippen MR) is 76.2 cm³/mol. The van der Waals surface area contributed by atoms with E-state index in [0.717, 1.165) is 5.56 Å². The zero-order chi connectivity index (χ0) is 13.8. The first-order valence-corrected chi connectivity index (χ1v) is 6.25. The fraction of sp³-hybridized carbons (Fsp3) is 0. The molecule has 0 radical (unpaired) electrons. The van der Waals surface area contributed by atoms with E-state index in [2.05, 4.69) is 0 Å². The topological polar surface area (TPSA) is 17.1 Å². The third-order valence-electron chi connectivity index (χ3n) is 2.49. The molecule has 0 heterocycles. The van der Waals surface area contributed by atoms with Gasteiger partial charge in [0.15, 0.2) is 5.78 Å². The van der Waals surface area contributed by atoms with Gasteiger partial charge in [-0.25, -0.2) is 4.39 Å². The minimum Gasteiger partial charge on any atom is -0.289 e. The van der Waals surface area contributed by atoms with Crippen LogP contribution in [0.5, 0.6) is 0 Å². The molecular weight excluding hydrogens is 286 g/mol. The molecule has 0 unspecified atom stereocenters. The molecule has 0 atom stereocenters. The molecular formula is C15H9Cl2FO. The number of hydrogen-bond acceptors (Lipinski definition) is 1. The van der Waals surface area contributed by atoms with Gasteiger partial charge in [-0.2, -0.15) is 0 Å². The number of rotatable bonds is 3. The fourth-order valence-electron chi connectivity index (χ4n) is 1.52. The number of carbonyl (C=O) groups is 1. The van der Waals surface area contributed by atoms with Crippen LogP contribution in [-0.4, -0.2) is 5.78 Å². The van der Waals surface area contributed by atoms with Gasteiger partial charge in [0, 0.05) is 10.6 Å². The Hall–Kier alpha value is -1.64. The van der Waals surface area contributed by atoms with Crippen molar-refractivity contribution in [1.29, 1.82) is 0 Å². The molecule has 0 aromatic heterocycles. The van der Waals surface area contributed by atoms with Crippen LogP contribution in [0.4, 0.5) is 4.39 Å². The van der Waals surface area contributed by atoms with Gasteiger partial charge in [0.05, 0.1) is 5.02 Å². The van der Waals surface area contributed by atoms with Crippen molar-refractivity contribution in [2.24, 2.45) is 0 Å². The van der Waals surface area contributed by atoms with Crippen LogP contribution in [0, 0.1) is 5.82 Å². The minimum atomic E-state index is -0.316. The molecule has 2 rings (SSSR count). The van der Waals surface area contributed by atoms with Gasteiger partial charge in [0.25, 0.3) is 0 Å². The van der Waals surface area contributed by atoms with Crippen LogP contribution < -0.4 is 0 Å². The Labute approximate surface area is 120 Å². The monoisotopic (exact) mass is 294 g/mol. The second kappa shape index (κ2) is 6.00. The molecule has 0 aliphatic carbocycles. The van der Waals surface area contributed by atoms with Crippen molar-refractivity contribution in [2.45, 2.75) is 0 Å². The van der Waals surface area contributed by atoms with Crippen LogP contribution in [0.25, 0.3) is 6.08 Å². The van der Waals surface area contributed by atoms with E-state index < -0.39 is 0 Å². The molecule has 2 aromatic carbocycles. The molecule has 0 aliphatic heterocycles.